The molecule has 0 amide bonds. The fourth-order valence-corrected chi connectivity index (χ4v) is 2.93. The first-order chi connectivity index (χ1) is 9.06. The van der Waals surface area contributed by atoms with Crippen molar-refractivity contribution in [2.24, 2.45) is 0 Å². The highest BCUT2D eigenvalue weighted by atomic mass is 79.9. The second kappa shape index (κ2) is 6.41. The molecule has 98 valence electrons. The van der Waals surface area contributed by atoms with Crippen LogP contribution in [-0.4, -0.2) is 16.1 Å². The fourth-order valence-electron chi connectivity index (χ4n) is 1.46. The summed E-state index contributed by atoms with van der Waals surface area (Å²) in [4.78, 5) is 15.9. The van der Waals surface area contributed by atoms with E-state index in [1.165, 1.54) is 11.8 Å². The van der Waals surface area contributed by atoms with Crippen molar-refractivity contribution < 1.29 is 9.90 Å². The van der Waals surface area contributed by atoms with E-state index in [0.29, 0.717) is 5.75 Å². The first kappa shape index (κ1) is 14.4. The predicted molar refractivity (Wildman–Crippen MR) is 79.9 cm³/mol. The van der Waals surface area contributed by atoms with E-state index in [4.69, 9.17) is 16.7 Å². The van der Waals surface area contributed by atoms with Gasteiger partial charge in [-0.2, -0.15) is 0 Å². The van der Waals surface area contributed by atoms with Gasteiger partial charge in [-0.15, -0.1) is 11.8 Å². The smallest absolute Gasteiger partial charge is 0.337 e. The Labute approximate surface area is 128 Å². The molecule has 1 N–H and O–H groups in total. The van der Waals surface area contributed by atoms with Crippen molar-refractivity contribution >= 4 is 45.3 Å². The van der Waals surface area contributed by atoms with E-state index in [1.807, 2.05) is 12.1 Å². The number of pyridine rings is 1. The Hall–Kier alpha value is -1.04. The molecular weight excluding hydrogens is 350 g/mol. The van der Waals surface area contributed by atoms with Crippen molar-refractivity contribution in [3.63, 3.8) is 0 Å². The van der Waals surface area contributed by atoms with Gasteiger partial charge in [0.25, 0.3) is 0 Å². The third-order valence-electron chi connectivity index (χ3n) is 2.34. The van der Waals surface area contributed by atoms with Crippen LogP contribution in [0.1, 0.15) is 15.9 Å². The zero-order valence-corrected chi connectivity index (χ0v) is 12.8. The van der Waals surface area contributed by atoms with E-state index < -0.39 is 5.97 Å². The molecule has 2 rings (SSSR count). The van der Waals surface area contributed by atoms with Crippen LogP contribution in [0.25, 0.3) is 0 Å². The minimum Gasteiger partial charge on any atom is -0.478 e. The van der Waals surface area contributed by atoms with Crippen LogP contribution in [0.4, 0.5) is 0 Å². The Morgan fingerprint density at radius 1 is 1.37 bits per heavy atom. The van der Waals surface area contributed by atoms with Crippen LogP contribution >= 0.6 is 39.3 Å². The van der Waals surface area contributed by atoms with Gasteiger partial charge in [-0.1, -0.05) is 11.6 Å². The molecule has 0 saturated heterocycles. The third-order valence-corrected chi connectivity index (χ3v) is 4.16. The van der Waals surface area contributed by atoms with Gasteiger partial charge in [0, 0.05) is 27.5 Å². The summed E-state index contributed by atoms with van der Waals surface area (Å²) in [6, 6.07) is 6.98. The van der Waals surface area contributed by atoms with Crippen LogP contribution in [0.5, 0.6) is 0 Å². The summed E-state index contributed by atoms with van der Waals surface area (Å²) >= 11 is 10.7. The molecule has 0 unspecified atom stereocenters. The first-order valence-corrected chi connectivity index (χ1v) is 7.47. The van der Waals surface area contributed by atoms with Crippen LogP contribution in [0.2, 0.25) is 5.02 Å². The molecule has 1 aromatic carbocycles. The topological polar surface area (TPSA) is 50.2 Å². The molecule has 19 heavy (non-hydrogen) atoms. The minimum absolute atomic E-state index is 0.124. The lowest BCUT2D eigenvalue weighted by Crippen LogP contribution is -1.97. The largest absolute Gasteiger partial charge is 0.478 e. The van der Waals surface area contributed by atoms with Crippen molar-refractivity contribution in [1.29, 1.82) is 0 Å². The normalized spacial score (nSPS) is 10.4. The Kier molecular flexibility index (Phi) is 4.85. The van der Waals surface area contributed by atoms with Gasteiger partial charge in [0.05, 0.1) is 10.6 Å². The molecule has 0 aliphatic heterocycles. The fraction of sp³-hybridized carbons (Fsp3) is 0.0769. The van der Waals surface area contributed by atoms with Crippen molar-refractivity contribution in [2.75, 3.05) is 0 Å². The number of aromatic carboxylic acids is 1. The number of carboxylic acid groups (broad SMARTS) is 1. The lowest BCUT2D eigenvalue weighted by atomic mass is 10.2. The van der Waals surface area contributed by atoms with Gasteiger partial charge in [-0.3, -0.25) is 4.98 Å². The molecule has 1 aromatic heterocycles. The Bertz CT molecular complexity index is 621. The highest BCUT2D eigenvalue weighted by Gasteiger charge is 2.09. The summed E-state index contributed by atoms with van der Waals surface area (Å²) in [5, 5.41) is 9.25. The Morgan fingerprint density at radius 2 is 2.16 bits per heavy atom. The van der Waals surface area contributed by atoms with Crippen LogP contribution in [0, 0.1) is 0 Å². The van der Waals surface area contributed by atoms with Gasteiger partial charge in [0.1, 0.15) is 0 Å². The number of hydrogen-bond donors (Lipinski definition) is 1. The van der Waals surface area contributed by atoms with Crippen LogP contribution in [0.3, 0.4) is 0 Å². The Balaban J connectivity index is 2.12. The van der Waals surface area contributed by atoms with Gasteiger partial charge in [-0.05, 0) is 45.8 Å². The van der Waals surface area contributed by atoms with Gasteiger partial charge in [0.15, 0.2) is 0 Å². The molecule has 0 spiro atoms. The van der Waals surface area contributed by atoms with E-state index in [0.717, 1.165) is 14.9 Å². The zero-order chi connectivity index (χ0) is 13.8. The van der Waals surface area contributed by atoms with Gasteiger partial charge in [0.2, 0.25) is 0 Å². The number of nitrogens with zero attached hydrogens (tertiary/aromatic N) is 1. The van der Waals surface area contributed by atoms with Crippen LogP contribution in [0.15, 0.2) is 46.0 Å². The highest BCUT2D eigenvalue weighted by molar-refractivity contribution is 9.10. The number of halogens is 2. The summed E-state index contributed by atoms with van der Waals surface area (Å²) in [6.45, 7) is 0. The molecule has 3 nitrogen and oxygen atoms in total. The quantitative estimate of drug-likeness (QED) is 0.818. The minimum atomic E-state index is -1.02. The van der Waals surface area contributed by atoms with E-state index in [2.05, 4.69) is 20.9 Å². The summed E-state index contributed by atoms with van der Waals surface area (Å²) in [7, 11) is 0. The monoisotopic (exact) mass is 357 g/mol. The second-order valence-corrected chi connectivity index (χ2v) is 6.12. The Morgan fingerprint density at radius 3 is 2.84 bits per heavy atom. The molecular formula is C13H9BrClNO2S. The maximum atomic E-state index is 11.0. The molecule has 0 fully saturated rings. The van der Waals surface area contributed by atoms with Crippen LogP contribution < -0.4 is 0 Å². The molecule has 1 heterocycles. The number of thioether (sulfide) groups is 1. The predicted octanol–water partition coefficient (Wildman–Crippen LogP) is 4.49. The average Bonchev–Trinajstić information content (AvgIpc) is 2.37. The number of aromatic nitrogens is 1. The molecule has 6 heteroatoms. The molecule has 0 atom stereocenters. The summed E-state index contributed by atoms with van der Waals surface area (Å²) < 4.78 is 0.924. The van der Waals surface area contributed by atoms with E-state index in [9.17, 15) is 4.79 Å². The standard InChI is InChI=1S/C13H9BrClNO2S/c14-9-3-8(5-16-6-9)7-19-10-1-2-12(15)11(4-10)13(17)18/h1-6H,7H2,(H,17,18). The number of carbonyl (C=O) groups is 1. The summed E-state index contributed by atoms with van der Waals surface area (Å²) in [5.74, 6) is -0.302. The second-order valence-electron chi connectivity index (χ2n) is 3.75. The third kappa shape index (κ3) is 3.96. The van der Waals surface area contributed by atoms with Crippen molar-refractivity contribution in [3.8, 4) is 0 Å². The number of carboxylic acids is 1. The SMILES string of the molecule is O=C(O)c1cc(SCc2cncc(Br)c2)ccc1Cl. The molecule has 0 radical (unpaired) electrons. The molecule has 0 saturated carbocycles. The van der Waals surface area contributed by atoms with Gasteiger partial charge in [-0.25, -0.2) is 4.79 Å². The van der Waals surface area contributed by atoms with Gasteiger partial charge >= 0.3 is 5.97 Å². The number of benzene rings is 1. The maximum Gasteiger partial charge on any atom is 0.337 e. The first-order valence-electron chi connectivity index (χ1n) is 5.31. The van der Waals surface area contributed by atoms with Crippen molar-refractivity contribution in [3.05, 3.63) is 57.3 Å². The van der Waals surface area contributed by atoms with Crippen molar-refractivity contribution in [1.82, 2.24) is 4.98 Å². The zero-order valence-electron chi connectivity index (χ0n) is 9.64. The number of hydrogen-bond acceptors (Lipinski definition) is 3. The van der Waals surface area contributed by atoms with Crippen molar-refractivity contribution in [2.45, 2.75) is 10.6 Å². The van der Waals surface area contributed by atoms with Crippen LogP contribution in [-0.2, 0) is 5.75 Å². The number of rotatable bonds is 4. The van der Waals surface area contributed by atoms with E-state index in [-0.39, 0.29) is 10.6 Å². The maximum absolute atomic E-state index is 11.0. The molecule has 0 bridgehead atoms. The van der Waals surface area contributed by atoms with E-state index in [1.54, 1.807) is 24.5 Å². The lowest BCUT2D eigenvalue weighted by Gasteiger charge is -2.05. The summed E-state index contributed by atoms with van der Waals surface area (Å²) in [5.41, 5.74) is 1.19. The molecule has 0 aliphatic carbocycles. The highest BCUT2D eigenvalue weighted by Crippen LogP contribution is 2.27. The summed E-state index contributed by atoms with van der Waals surface area (Å²) in [6.07, 6.45) is 3.50. The van der Waals surface area contributed by atoms with Gasteiger partial charge < -0.3 is 5.11 Å². The average molecular weight is 359 g/mol. The van der Waals surface area contributed by atoms with E-state index >= 15 is 0 Å². The molecule has 0 aliphatic rings. The lowest BCUT2D eigenvalue weighted by molar-refractivity contribution is 0.0697. The molecule has 2 aromatic rings.